The maximum atomic E-state index is 12.0. The van der Waals surface area contributed by atoms with Crippen LogP contribution in [0.1, 0.15) is 73.6 Å². The smallest absolute Gasteiger partial charge is 0.338 e. The number of hydrogen-bond acceptors (Lipinski definition) is 4. The second-order valence-corrected chi connectivity index (χ2v) is 5.29. The fourth-order valence-electron chi connectivity index (χ4n) is 2.02. The second-order valence-electron chi connectivity index (χ2n) is 5.29. The highest BCUT2D eigenvalue weighted by atomic mass is 16.5. The molecule has 122 valence electrons. The molecule has 0 radical (unpaired) electrons. The molecule has 0 aliphatic heterocycles. The molecular formula is C18H26O4. The lowest BCUT2D eigenvalue weighted by molar-refractivity contribution is 0.0270. The molecule has 4 heteroatoms. The predicted molar refractivity (Wildman–Crippen MR) is 86.0 cm³/mol. The van der Waals surface area contributed by atoms with Crippen molar-refractivity contribution in [3.63, 3.8) is 0 Å². The van der Waals surface area contributed by atoms with Gasteiger partial charge < -0.3 is 9.47 Å². The van der Waals surface area contributed by atoms with Crippen LogP contribution in [0.2, 0.25) is 0 Å². The van der Waals surface area contributed by atoms with Gasteiger partial charge in [0.25, 0.3) is 0 Å². The van der Waals surface area contributed by atoms with Crippen LogP contribution in [0.3, 0.4) is 0 Å². The number of unbranched alkanes of at least 4 members (excludes halogenated alkanes) is 1. The van der Waals surface area contributed by atoms with Gasteiger partial charge >= 0.3 is 11.9 Å². The van der Waals surface area contributed by atoms with Gasteiger partial charge in [-0.1, -0.05) is 33.6 Å². The number of hydrogen-bond donors (Lipinski definition) is 0. The second kappa shape index (κ2) is 9.98. The van der Waals surface area contributed by atoms with E-state index < -0.39 is 0 Å². The third-order valence-electron chi connectivity index (χ3n) is 3.43. The molecule has 0 aromatic heterocycles. The van der Waals surface area contributed by atoms with Crippen LogP contribution in [0.25, 0.3) is 0 Å². The lowest BCUT2D eigenvalue weighted by Gasteiger charge is -2.15. The van der Waals surface area contributed by atoms with E-state index in [-0.39, 0.29) is 18.0 Å². The Bertz CT molecular complexity index is 464. The van der Waals surface area contributed by atoms with E-state index in [1.807, 2.05) is 13.8 Å². The van der Waals surface area contributed by atoms with Crippen molar-refractivity contribution < 1.29 is 19.1 Å². The molecular weight excluding hydrogens is 280 g/mol. The lowest BCUT2D eigenvalue weighted by Crippen LogP contribution is -2.17. The first kappa shape index (κ1) is 18.2. The van der Waals surface area contributed by atoms with Crippen LogP contribution >= 0.6 is 0 Å². The first-order valence-corrected chi connectivity index (χ1v) is 8.10. The van der Waals surface area contributed by atoms with Crippen LogP contribution in [0, 0.1) is 0 Å². The molecule has 0 aliphatic rings. The Morgan fingerprint density at radius 3 is 2.05 bits per heavy atom. The monoisotopic (exact) mass is 306 g/mol. The summed E-state index contributed by atoms with van der Waals surface area (Å²) in [5, 5.41) is 0. The van der Waals surface area contributed by atoms with Gasteiger partial charge in [0.2, 0.25) is 0 Å². The molecule has 0 spiro atoms. The zero-order chi connectivity index (χ0) is 16.4. The molecule has 0 fully saturated rings. The molecule has 0 aliphatic carbocycles. The Morgan fingerprint density at radius 2 is 1.55 bits per heavy atom. The summed E-state index contributed by atoms with van der Waals surface area (Å²) in [6.07, 6.45) is 4.44. The zero-order valence-corrected chi connectivity index (χ0v) is 13.8. The largest absolute Gasteiger partial charge is 0.462 e. The minimum atomic E-state index is -0.356. The van der Waals surface area contributed by atoms with Crippen LogP contribution in [-0.2, 0) is 9.47 Å². The summed E-state index contributed by atoms with van der Waals surface area (Å²) in [7, 11) is 0. The summed E-state index contributed by atoms with van der Waals surface area (Å²) in [5.74, 6) is -0.697. The van der Waals surface area contributed by atoms with Crippen molar-refractivity contribution in [2.45, 2.75) is 59.0 Å². The SMILES string of the molecule is CCCCOC(=O)c1ccc(C(=O)OC(CC)CCC)cc1. The molecule has 1 atom stereocenters. The van der Waals surface area contributed by atoms with Gasteiger partial charge in [-0.3, -0.25) is 0 Å². The van der Waals surface area contributed by atoms with Crippen LogP contribution < -0.4 is 0 Å². The topological polar surface area (TPSA) is 52.6 Å². The number of carbonyl (C=O) groups excluding carboxylic acids is 2. The normalized spacial score (nSPS) is 11.8. The summed E-state index contributed by atoms with van der Waals surface area (Å²) < 4.78 is 10.6. The lowest BCUT2D eigenvalue weighted by atomic mass is 10.1. The molecule has 1 rings (SSSR count). The number of esters is 2. The zero-order valence-electron chi connectivity index (χ0n) is 13.8. The minimum absolute atomic E-state index is 0.0452. The van der Waals surface area contributed by atoms with Crippen LogP contribution in [0.5, 0.6) is 0 Å². The van der Waals surface area contributed by atoms with Gasteiger partial charge in [0, 0.05) is 0 Å². The standard InChI is InChI=1S/C18H26O4/c1-4-7-13-21-17(19)14-9-11-15(12-10-14)18(20)22-16(6-3)8-5-2/h9-12,16H,4-8,13H2,1-3H3. The first-order chi connectivity index (χ1) is 10.6. The van der Waals surface area contributed by atoms with Crippen LogP contribution in [0.4, 0.5) is 0 Å². The Kier molecular flexibility index (Phi) is 8.26. The Hall–Kier alpha value is -1.84. The number of ether oxygens (including phenoxy) is 2. The van der Waals surface area contributed by atoms with E-state index in [0.29, 0.717) is 17.7 Å². The summed E-state index contributed by atoms with van der Waals surface area (Å²) in [5.41, 5.74) is 0.910. The predicted octanol–water partition coefficient (Wildman–Crippen LogP) is 4.38. The third-order valence-corrected chi connectivity index (χ3v) is 3.43. The molecule has 0 saturated carbocycles. The van der Waals surface area contributed by atoms with Gasteiger partial charge in [-0.15, -0.1) is 0 Å². The van der Waals surface area contributed by atoms with Crippen molar-refractivity contribution in [2.75, 3.05) is 6.61 Å². The molecule has 0 N–H and O–H groups in total. The number of carbonyl (C=O) groups is 2. The van der Waals surface area contributed by atoms with Crippen molar-refractivity contribution in [3.05, 3.63) is 35.4 Å². The molecule has 0 saturated heterocycles. The third kappa shape index (κ3) is 5.88. The summed E-state index contributed by atoms with van der Waals surface area (Å²) in [6.45, 7) is 6.53. The fourth-order valence-corrected chi connectivity index (χ4v) is 2.02. The van der Waals surface area contributed by atoms with E-state index in [9.17, 15) is 9.59 Å². The molecule has 22 heavy (non-hydrogen) atoms. The van der Waals surface area contributed by atoms with E-state index in [0.717, 1.165) is 32.1 Å². The highest BCUT2D eigenvalue weighted by Gasteiger charge is 2.15. The minimum Gasteiger partial charge on any atom is -0.462 e. The van der Waals surface area contributed by atoms with E-state index in [2.05, 4.69) is 6.92 Å². The quantitative estimate of drug-likeness (QED) is 0.502. The van der Waals surface area contributed by atoms with Gasteiger partial charge in [-0.25, -0.2) is 9.59 Å². The van der Waals surface area contributed by atoms with E-state index in [1.54, 1.807) is 24.3 Å². The van der Waals surface area contributed by atoms with Gasteiger partial charge in [-0.2, -0.15) is 0 Å². The van der Waals surface area contributed by atoms with E-state index in [4.69, 9.17) is 9.47 Å². The Labute approximate surface area is 132 Å². The van der Waals surface area contributed by atoms with Crippen LogP contribution in [-0.4, -0.2) is 24.6 Å². The number of rotatable bonds is 9. The average Bonchev–Trinajstić information content (AvgIpc) is 2.54. The fraction of sp³-hybridized carbons (Fsp3) is 0.556. The highest BCUT2D eigenvalue weighted by molar-refractivity contribution is 5.93. The summed E-state index contributed by atoms with van der Waals surface area (Å²) in [4.78, 5) is 23.8. The van der Waals surface area contributed by atoms with Gasteiger partial charge in [-0.05, 0) is 43.5 Å². The van der Waals surface area contributed by atoms with Crippen molar-refractivity contribution in [1.29, 1.82) is 0 Å². The molecule has 4 nitrogen and oxygen atoms in total. The molecule has 1 aromatic rings. The highest BCUT2D eigenvalue weighted by Crippen LogP contribution is 2.12. The van der Waals surface area contributed by atoms with Crippen LogP contribution in [0.15, 0.2) is 24.3 Å². The van der Waals surface area contributed by atoms with Crippen molar-refractivity contribution in [2.24, 2.45) is 0 Å². The molecule has 0 heterocycles. The number of benzene rings is 1. The van der Waals surface area contributed by atoms with Crippen molar-refractivity contribution in [3.8, 4) is 0 Å². The van der Waals surface area contributed by atoms with Gasteiger partial charge in [0.05, 0.1) is 17.7 Å². The Balaban J connectivity index is 2.59. The molecule has 1 aromatic carbocycles. The molecule has 0 amide bonds. The molecule has 0 bridgehead atoms. The first-order valence-electron chi connectivity index (χ1n) is 8.10. The average molecular weight is 306 g/mol. The van der Waals surface area contributed by atoms with Crippen molar-refractivity contribution >= 4 is 11.9 Å². The summed E-state index contributed by atoms with van der Waals surface area (Å²) in [6, 6.07) is 6.42. The van der Waals surface area contributed by atoms with E-state index in [1.165, 1.54) is 0 Å². The maximum Gasteiger partial charge on any atom is 0.338 e. The summed E-state index contributed by atoms with van der Waals surface area (Å²) >= 11 is 0. The molecule has 1 unspecified atom stereocenters. The van der Waals surface area contributed by atoms with Crippen molar-refractivity contribution in [1.82, 2.24) is 0 Å². The van der Waals surface area contributed by atoms with Gasteiger partial charge in [0.1, 0.15) is 6.10 Å². The Morgan fingerprint density at radius 1 is 0.955 bits per heavy atom. The van der Waals surface area contributed by atoms with E-state index >= 15 is 0 Å². The maximum absolute atomic E-state index is 12.0. The van der Waals surface area contributed by atoms with Gasteiger partial charge in [0.15, 0.2) is 0 Å².